The zero-order valence-corrected chi connectivity index (χ0v) is 14.1. The average molecular weight is 343 g/mol. The maximum absolute atomic E-state index is 12.3. The summed E-state index contributed by atoms with van der Waals surface area (Å²) in [6.45, 7) is 1.74. The zero-order chi connectivity index (χ0) is 17.8. The Morgan fingerprint density at radius 2 is 2.00 bits per heavy atom. The number of carbonyl (C=O) groups is 2. The first kappa shape index (κ1) is 17.1. The van der Waals surface area contributed by atoms with E-state index in [4.69, 9.17) is 0 Å². The fourth-order valence-electron chi connectivity index (χ4n) is 3.16. The second kappa shape index (κ2) is 7.42. The van der Waals surface area contributed by atoms with E-state index >= 15 is 0 Å². The van der Waals surface area contributed by atoms with E-state index in [0.29, 0.717) is 16.8 Å². The fraction of sp³-hybridized carbons (Fsp3) is 0.471. The molecule has 1 aliphatic rings. The first-order valence-corrected chi connectivity index (χ1v) is 8.47. The van der Waals surface area contributed by atoms with Gasteiger partial charge in [-0.2, -0.15) is 0 Å². The molecule has 0 unspecified atom stereocenters. The molecule has 8 heteroatoms. The molecule has 1 fully saturated rings. The lowest BCUT2D eigenvalue weighted by Gasteiger charge is -2.29. The highest BCUT2D eigenvalue weighted by molar-refractivity contribution is 5.94. The van der Waals surface area contributed by atoms with Crippen molar-refractivity contribution in [3.63, 3.8) is 0 Å². The Morgan fingerprint density at radius 3 is 2.80 bits per heavy atom. The largest absolute Gasteiger partial charge is 0.335 e. The number of rotatable bonds is 3. The lowest BCUT2D eigenvalue weighted by atomic mass is 9.86. The van der Waals surface area contributed by atoms with Crippen molar-refractivity contribution in [3.05, 3.63) is 34.6 Å². The lowest BCUT2D eigenvalue weighted by molar-refractivity contribution is -0.120. The molecule has 0 spiro atoms. The molecule has 2 aromatic rings. The number of carbonyl (C=O) groups excluding carboxylic acids is 2. The molecule has 1 saturated carbocycles. The number of amides is 3. The van der Waals surface area contributed by atoms with Crippen molar-refractivity contribution in [2.75, 3.05) is 0 Å². The van der Waals surface area contributed by atoms with Crippen molar-refractivity contribution < 1.29 is 9.59 Å². The second-order valence-corrected chi connectivity index (χ2v) is 6.46. The fourth-order valence-corrected chi connectivity index (χ4v) is 3.16. The number of fused-ring (bicyclic) bond motifs is 1. The Bertz CT molecular complexity index is 848. The van der Waals surface area contributed by atoms with Crippen LogP contribution in [0, 0.1) is 5.92 Å². The van der Waals surface area contributed by atoms with E-state index in [2.05, 4.69) is 27.9 Å². The van der Waals surface area contributed by atoms with Crippen molar-refractivity contribution >= 4 is 22.8 Å². The third-order valence-corrected chi connectivity index (χ3v) is 4.60. The Labute approximate surface area is 144 Å². The minimum atomic E-state index is -0.604. The Hall–Kier alpha value is -2.77. The number of nitrogens with zero attached hydrogens (tertiary/aromatic N) is 3. The van der Waals surface area contributed by atoms with E-state index in [-0.39, 0.29) is 12.6 Å². The van der Waals surface area contributed by atoms with Crippen LogP contribution in [0.5, 0.6) is 0 Å². The molecule has 1 aromatic heterocycles. The van der Waals surface area contributed by atoms with Crippen LogP contribution in [0.15, 0.2) is 29.1 Å². The van der Waals surface area contributed by atoms with E-state index in [0.717, 1.165) is 23.9 Å². The summed E-state index contributed by atoms with van der Waals surface area (Å²) in [5.74, 6) is -0.212. The minimum Gasteiger partial charge on any atom is -0.335 e. The van der Waals surface area contributed by atoms with Crippen LogP contribution < -0.4 is 16.2 Å². The predicted molar refractivity (Wildman–Crippen MR) is 91.9 cm³/mol. The second-order valence-electron chi connectivity index (χ2n) is 6.46. The summed E-state index contributed by atoms with van der Waals surface area (Å²) in [7, 11) is 0. The van der Waals surface area contributed by atoms with Crippen molar-refractivity contribution in [1.29, 1.82) is 0 Å². The number of benzene rings is 1. The van der Waals surface area contributed by atoms with E-state index in [9.17, 15) is 14.4 Å². The van der Waals surface area contributed by atoms with Crippen LogP contribution in [-0.4, -0.2) is 33.0 Å². The van der Waals surface area contributed by atoms with Gasteiger partial charge < -0.3 is 5.32 Å². The summed E-state index contributed by atoms with van der Waals surface area (Å²) in [5, 5.41) is 13.1. The van der Waals surface area contributed by atoms with Crippen molar-refractivity contribution in [1.82, 2.24) is 25.6 Å². The van der Waals surface area contributed by atoms with Crippen molar-refractivity contribution in [2.45, 2.75) is 45.2 Å². The molecule has 3 rings (SSSR count). The highest BCUT2D eigenvalue weighted by Gasteiger charge is 2.23. The molecule has 1 heterocycles. The number of nitrogens with one attached hydrogen (secondary N) is 2. The van der Waals surface area contributed by atoms with E-state index in [1.54, 1.807) is 24.3 Å². The molecule has 3 amide bonds. The molecule has 1 aromatic carbocycles. The molecule has 8 nitrogen and oxygen atoms in total. The molecule has 0 aliphatic heterocycles. The summed E-state index contributed by atoms with van der Waals surface area (Å²) in [4.78, 5) is 36.3. The molecular weight excluding hydrogens is 322 g/mol. The summed E-state index contributed by atoms with van der Waals surface area (Å²) >= 11 is 0. The van der Waals surface area contributed by atoms with Crippen molar-refractivity contribution in [3.8, 4) is 0 Å². The molecule has 0 radical (unpaired) electrons. The third-order valence-electron chi connectivity index (χ3n) is 4.60. The first-order chi connectivity index (χ1) is 12.0. The van der Waals surface area contributed by atoms with Crippen molar-refractivity contribution in [2.24, 2.45) is 5.92 Å². The Kier molecular flexibility index (Phi) is 5.06. The molecule has 0 saturated heterocycles. The summed E-state index contributed by atoms with van der Waals surface area (Å²) in [6, 6.07) is 6.30. The van der Waals surface area contributed by atoms with Crippen LogP contribution in [0.25, 0.3) is 10.9 Å². The summed E-state index contributed by atoms with van der Waals surface area (Å²) in [5.41, 5.74) is 0.0512. The third kappa shape index (κ3) is 4.01. The van der Waals surface area contributed by atoms with Gasteiger partial charge in [0.1, 0.15) is 12.1 Å². The maximum atomic E-state index is 12.3. The van der Waals surface area contributed by atoms with Crippen LogP contribution in [0.2, 0.25) is 0 Å². The Morgan fingerprint density at radius 1 is 1.24 bits per heavy atom. The molecule has 2 atom stereocenters. The number of hydrogen-bond donors (Lipinski definition) is 2. The predicted octanol–water partition coefficient (Wildman–Crippen LogP) is 1.20. The number of imide groups is 1. The summed E-state index contributed by atoms with van der Waals surface area (Å²) < 4.78 is 0.953. The molecule has 1 aliphatic carbocycles. The highest BCUT2D eigenvalue weighted by atomic mass is 16.2. The van der Waals surface area contributed by atoms with E-state index in [1.807, 2.05) is 0 Å². The van der Waals surface area contributed by atoms with Gasteiger partial charge in [-0.25, -0.2) is 9.48 Å². The van der Waals surface area contributed by atoms with Crippen LogP contribution >= 0.6 is 0 Å². The minimum absolute atomic E-state index is 0.0738. The molecule has 2 N–H and O–H groups in total. The highest BCUT2D eigenvalue weighted by Crippen LogP contribution is 2.23. The molecule has 0 bridgehead atoms. The van der Waals surface area contributed by atoms with Gasteiger partial charge in [-0.3, -0.25) is 14.9 Å². The van der Waals surface area contributed by atoms with Gasteiger partial charge in [-0.05, 0) is 30.9 Å². The quantitative estimate of drug-likeness (QED) is 0.871. The summed E-state index contributed by atoms with van der Waals surface area (Å²) in [6.07, 6.45) is 4.23. The first-order valence-electron chi connectivity index (χ1n) is 8.47. The van der Waals surface area contributed by atoms with Crippen LogP contribution in [0.4, 0.5) is 4.79 Å². The van der Waals surface area contributed by atoms with Gasteiger partial charge in [0.2, 0.25) is 5.91 Å². The Balaban J connectivity index is 1.61. The van der Waals surface area contributed by atoms with E-state index < -0.39 is 17.5 Å². The van der Waals surface area contributed by atoms with Gasteiger partial charge in [0, 0.05) is 6.04 Å². The molecule has 132 valence electrons. The monoisotopic (exact) mass is 343 g/mol. The number of aromatic nitrogens is 3. The van der Waals surface area contributed by atoms with Gasteiger partial charge in [-0.15, -0.1) is 5.10 Å². The van der Waals surface area contributed by atoms with Gasteiger partial charge in [0.05, 0.1) is 5.39 Å². The van der Waals surface area contributed by atoms with Crippen LogP contribution in [0.3, 0.4) is 0 Å². The van der Waals surface area contributed by atoms with Gasteiger partial charge >= 0.3 is 6.03 Å². The zero-order valence-electron chi connectivity index (χ0n) is 14.1. The SMILES string of the molecule is C[C@H]1CCCC[C@@H]1NC(=O)NC(=O)Cn1nnc2ccccc2c1=O. The lowest BCUT2D eigenvalue weighted by Crippen LogP contribution is -2.49. The van der Waals surface area contributed by atoms with Gasteiger partial charge in [0.25, 0.3) is 5.56 Å². The molecular formula is C17H21N5O3. The topological polar surface area (TPSA) is 106 Å². The average Bonchev–Trinajstić information content (AvgIpc) is 2.59. The van der Waals surface area contributed by atoms with Crippen LogP contribution in [0.1, 0.15) is 32.6 Å². The smallest absolute Gasteiger partial charge is 0.321 e. The normalized spacial score (nSPS) is 20.2. The standard InChI is InChI=1S/C17H21N5O3/c1-11-6-2-4-8-13(11)18-17(25)19-15(23)10-22-16(24)12-7-3-5-9-14(12)20-21-22/h3,5,7,9,11,13H,2,4,6,8,10H2,1H3,(H2,18,19,23,25)/t11-,13-/m0/s1. The molecule has 25 heavy (non-hydrogen) atoms. The van der Waals surface area contributed by atoms with E-state index in [1.165, 1.54) is 6.42 Å². The number of hydrogen-bond acceptors (Lipinski definition) is 5. The number of urea groups is 1. The van der Waals surface area contributed by atoms with Gasteiger partial charge in [-0.1, -0.05) is 37.1 Å². The van der Waals surface area contributed by atoms with Gasteiger partial charge in [0.15, 0.2) is 0 Å². The van der Waals surface area contributed by atoms with Crippen LogP contribution in [-0.2, 0) is 11.3 Å². The maximum Gasteiger partial charge on any atom is 0.321 e.